The number of sulfone groups is 1. The van der Waals surface area contributed by atoms with E-state index in [0.29, 0.717) is 11.5 Å². The van der Waals surface area contributed by atoms with Gasteiger partial charge in [-0.25, -0.2) is 8.42 Å². The molecule has 4 nitrogen and oxygen atoms in total. The Labute approximate surface area is 124 Å². The van der Waals surface area contributed by atoms with Crippen molar-refractivity contribution < 1.29 is 8.42 Å². The zero-order chi connectivity index (χ0) is 14.8. The highest BCUT2D eigenvalue weighted by Crippen LogP contribution is 2.31. The molecular formula is C15H30N2O2S. The normalized spacial score (nSPS) is 32.1. The molecule has 1 aliphatic heterocycles. The molecule has 5 heteroatoms. The van der Waals surface area contributed by atoms with Crippen molar-refractivity contribution in [2.24, 2.45) is 5.41 Å². The van der Waals surface area contributed by atoms with Crippen LogP contribution in [0.5, 0.6) is 0 Å². The van der Waals surface area contributed by atoms with E-state index in [1.54, 1.807) is 0 Å². The molecule has 2 aliphatic rings. The molecule has 0 radical (unpaired) electrons. The molecule has 1 saturated carbocycles. The smallest absolute Gasteiger partial charge is 0.150 e. The van der Waals surface area contributed by atoms with Crippen molar-refractivity contribution in [3.63, 3.8) is 0 Å². The fraction of sp³-hybridized carbons (Fsp3) is 1.00. The Kier molecular flexibility index (Phi) is 5.14. The van der Waals surface area contributed by atoms with Gasteiger partial charge in [0.2, 0.25) is 0 Å². The molecular weight excluding hydrogens is 272 g/mol. The van der Waals surface area contributed by atoms with Crippen LogP contribution in [0.1, 0.15) is 45.4 Å². The van der Waals surface area contributed by atoms with Crippen molar-refractivity contribution in [2.45, 2.75) is 56.7 Å². The Morgan fingerprint density at radius 3 is 2.50 bits per heavy atom. The van der Waals surface area contributed by atoms with E-state index < -0.39 is 9.84 Å². The van der Waals surface area contributed by atoms with Crippen LogP contribution in [0.2, 0.25) is 0 Å². The summed E-state index contributed by atoms with van der Waals surface area (Å²) >= 11 is 0. The molecule has 0 bridgehead atoms. The van der Waals surface area contributed by atoms with E-state index >= 15 is 0 Å². The molecule has 1 saturated heterocycles. The lowest BCUT2D eigenvalue weighted by atomic mass is 9.80. The second kappa shape index (κ2) is 6.32. The maximum atomic E-state index is 11.7. The number of nitrogens with one attached hydrogen (secondary N) is 1. The van der Waals surface area contributed by atoms with Crippen LogP contribution in [0.4, 0.5) is 0 Å². The fourth-order valence-electron chi connectivity index (χ4n) is 3.45. The van der Waals surface area contributed by atoms with Gasteiger partial charge in [-0.15, -0.1) is 0 Å². The van der Waals surface area contributed by atoms with Gasteiger partial charge in [0.1, 0.15) is 9.84 Å². The standard InChI is InChI=1S/C15H30N2O2S/c1-15(7-9-17(2)10-8-15)12-16-13-5-4-6-14(11-13)20(3,18)19/h13-14,16H,4-12H2,1-3H3. The van der Waals surface area contributed by atoms with Gasteiger partial charge in [-0.1, -0.05) is 13.3 Å². The quantitative estimate of drug-likeness (QED) is 0.858. The molecule has 2 fully saturated rings. The Morgan fingerprint density at radius 1 is 1.25 bits per heavy atom. The number of hydrogen-bond donors (Lipinski definition) is 1. The summed E-state index contributed by atoms with van der Waals surface area (Å²) in [7, 11) is -0.686. The summed E-state index contributed by atoms with van der Waals surface area (Å²) in [6.07, 6.45) is 7.67. The van der Waals surface area contributed by atoms with Gasteiger partial charge in [0.05, 0.1) is 5.25 Å². The first-order valence-electron chi connectivity index (χ1n) is 7.89. The molecule has 0 aromatic heterocycles. The molecule has 20 heavy (non-hydrogen) atoms. The van der Waals surface area contributed by atoms with Crippen LogP contribution in [0.15, 0.2) is 0 Å². The molecule has 2 unspecified atom stereocenters. The molecule has 1 N–H and O–H groups in total. The van der Waals surface area contributed by atoms with E-state index in [4.69, 9.17) is 0 Å². The van der Waals surface area contributed by atoms with Crippen LogP contribution < -0.4 is 5.32 Å². The molecule has 1 heterocycles. The van der Waals surface area contributed by atoms with E-state index in [-0.39, 0.29) is 5.25 Å². The van der Waals surface area contributed by atoms with E-state index in [0.717, 1.165) is 32.2 Å². The average molecular weight is 302 g/mol. The summed E-state index contributed by atoms with van der Waals surface area (Å²) in [4.78, 5) is 2.39. The van der Waals surface area contributed by atoms with E-state index in [9.17, 15) is 8.42 Å². The largest absolute Gasteiger partial charge is 0.313 e. The predicted molar refractivity (Wildman–Crippen MR) is 83.7 cm³/mol. The summed E-state index contributed by atoms with van der Waals surface area (Å²) in [6.45, 7) is 5.75. The molecule has 0 aromatic rings. The summed E-state index contributed by atoms with van der Waals surface area (Å²) in [6, 6.07) is 0.389. The Hall–Kier alpha value is -0.130. The van der Waals surface area contributed by atoms with E-state index in [1.807, 2.05) is 0 Å². The Morgan fingerprint density at radius 2 is 1.90 bits per heavy atom. The SMILES string of the molecule is CN1CCC(C)(CNC2CCCC(S(C)(=O)=O)C2)CC1. The van der Waals surface area contributed by atoms with Crippen LogP contribution in [0.25, 0.3) is 0 Å². The molecule has 118 valence electrons. The first-order chi connectivity index (χ1) is 9.28. The first kappa shape index (κ1) is 16.2. The summed E-state index contributed by atoms with van der Waals surface area (Å²) in [5, 5.41) is 3.54. The number of hydrogen-bond acceptors (Lipinski definition) is 4. The Balaban J connectivity index is 1.82. The van der Waals surface area contributed by atoms with Gasteiger partial charge < -0.3 is 10.2 Å². The minimum atomic E-state index is -2.87. The van der Waals surface area contributed by atoms with Crippen molar-refractivity contribution >= 4 is 9.84 Å². The Bertz CT molecular complexity index is 414. The maximum absolute atomic E-state index is 11.7. The lowest BCUT2D eigenvalue weighted by Gasteiger charge is -2.40. The third-order valence-corrected chi connectivity index (χ3v) is 6.88. The molecule has 2 atom stereocenters. The van der Waals surface area contributed by atoms with Crippen molar-refractivity contribution in [1.82, 2.24) is 10.2 Å². The highest BCUT2D eigenvalue weighted by molar-refractivity contribution is 7.91. The minimum absolute atomic E-state index is 0.126. The number of likely N-dealkylation sites (tertiary alicyclic amines) is 1. The van der Waals surface area contributed by atoms with Gasteiger partial charge >= 0.3 is 0 Å². The van der Waals surface area contributed by atoms with Gasteiger partial charge in [0, 0.05) is 18.8 Å². The first-order valence-corrected chi connectivity index (χ1v) is 9.85. The van der Waals surface area contributed by atoms with Crippen LogP contribution >= 0.6 is 0 Å². The topological polar surface area (TPSA) is 49.4 Å². The third-order valence-electron chi connectivity index (χ3n) is 5.24. The van der Waals surface area contributed by atoms with Crippen LogP contribution in [-0.4, -0.2) is 57.5 Å². The van der Waals surface area contributed by atoms with Gasteiger partial charge in [-0.05, 0) is 57.7 Å². The highest BCUT2D eigenvalue weighted by atomic mass is 32.2. The summed E-state index contributed by atoms with van der Waals surface area (Å²) in [5.74, 6) is 0. The van der Waals surface area contributed by atoms with E-state index in [1.165, 1.54) is 32.2 Å². The molecule has 2 rings (SSSR count). The fourth-order valence-corrected chi connectivity index (χ4v) is 4.62. The van der Waals surface area contributed by atoms with Crippen LogP contribution in [0, 0.1) is 5.41 Å². The van der Waals surface area contributed by atoms with E-state index in [2.05, 4.69) is 24.2 Å². The molecule has 1 aliphatic carbocycles. The summed E-state index contributed by atoms with van der Waals surface area (Å²) in [5.41, 5.74) is 0.380. The third kappa shape index (κ3) is 4.43. The van der Waals surface area contributed by atoms with Crippen LogP contribution in [-0.2, 0) is 9.84 Å². The monoisotopic (exact) mass is 302 g/mol. The average Bonchev–Trinajstić information content (AvgIpc) is 2.40. The van der Waals surface area contributed by atoms with Crippen molar-refractivity contribution in [1.29, 1.82) is 0 Å². The van der Waals surface area contributed by atoms with Crippen molar-refractivity contribution in [3.8, 4) is 0 Å². The van der Waals surface area contributed by atoms with Gasteiger partial charge in [0.25, 0.3) is 0 Å². The van der Waals surface area contributed by atoms with Crippen molar-refractivity contribution in [2.75, 3.05) is 32.9 Å². The van der Waals surface area contributed by atoms with Gasteiger partial charge in [-0.2, -0.15) is 0 Å². The molecule has 0 spiro atoms. The lowest BCUT2D eigenvalue weighted by Crippen LogP contribution is -2.46. The van der Waals surface area contributed by atoms with Gasteiger partial charge in [-0.3, -0.25) is 0 Å². The number of nitrogens with zero attached hydrogens (tertiary/aromatic N) is 1. The number of rotatable bonds is 4. The van der Waals surface area contributed by atoms with Gasteiger partial charge in [0.15, 0.2) is 0 Å². The molecule has 0 amide bonds. The zero-order valence-corrected chi connectivity index (χ0v) is 14.0. The molecule has 0 aromatic carbocycles. The van der Waals surface area contributed by atoms with Crippen LogP contribution in [0.3, 0.4) is 0 Å². The number of piperidine rings is 1. The second-order valence-electron chi connectivity index (χ2n) is 7.31. The highest BCUT2D eigenvalue weighted by Gasteiger charge is 2.32. The zero-order valence-electron chi connectivity index (χ0n) is 13.2. The van der Waals surface area contributed by atoms with Crippen molar-refractivity contribution in [3.05, 3.63) is 0 Å². The lowest BCUT2D eigenvalue weighted by molar-refractivity contribution is 0.131. The predicted octanol–water partition coefficient (Wildman–Crippen LogP) is 1.66. The summed E-state index contributed by atoms with van der Waals surface area (Å²) < 4.78 is 23.4. The maximum Gasteiger partial charge on any atom is 0.150 e. The second-order valence-corrected chi connectivity index (χ2v) is 9.64. The minimum Gasteiger partial charge on any atom is -0.313 e.